The highest BCUT2D eigenvalue weighted by atomic mass is 79.9. The standard InChI is InChI=1S/C16H21BrN2O2/c1-4-10(2)14-16(21)19(11(3)15(20)18-14)9-12-7-5-6-8-13(12)17/h5-8,10-11,14H,4,9H2,1-3H3,(H,18,20). The van der Waals surface area contributed by atoms with Crippen LogP contribution in [0.4, 0.5) is 0 Å². The number of nitrogens with one attached hydrogen (secondary N) is 1. The lowest BCUT2D eigenvalue weighted by atomic mass is 9.94. The first-order valence-corrected chi connectivity index (χ1v) is 8.09. The molecule has 0 saturated carbocycles. The fourth-order valence-corrected chi connectivity index (χ4v) is 2.90. The first-order chi connectivity index (χ1) is 9.95. The minimum atomic E-state index is -0.440. The predicted molar refractivity (Wildman–Crippen MR) is 85.5 cm³/mol. The van der Waals surface area contributed by atoms with Gasteiger partial charge in [0.15, 0.2) is 0 Å². The van der Waals surface area contributed by atoms with Crippen LogP contribution in [-0.2, 0) is 16.1 Å². The average Bonchev–Trinajstić information content (AvgIpc) is 2.48. The van der Waals surface area contributed by atoms with Crippen molar-refractivity contribution in [2.24, 2.45) is 5.92 Å². The van der Waals surface area contributed by atoms with Gasteiger partial charge in [0, 0.05) is 11.0 Å². The third kappa shape index (κ3) is 3.28. The van der Waals surface area contributed by atoms with Crippen molar-refractivity contribution in [1.29, 1.82) is 0 Å². The maximum Gasteiger partial charge on any atom is 0.246 e. The summed E-state index contributed by atoms with van der Waals surface area (Å²) < 4.78 is 0.955. The van der Waals surface area contributed by atoms with Gasteiger partial charge >= 0.3 is 0 Å². The van der Waals surface area contributed by atoms with Gasteiger partial charge in [-0.25, -0.2) is 0 Å². The van der Waals surface area contributed by atoms with Crippen LogP contribution in [0.2, 0.25) is 0 Å². The molecular weight excluding hydrogens is 332 g/mol. The van der Waals surface area contributed by atoms with Crippen molar-refractivity contribution < 1.29 is 9.59 Å². The molecule has 5 heteroatoms. The first-order valence-electron chi connectivity index (χ1n) is 7.30. The highest BCUT2D eigenvalue weighted by Gasteiger charge is 2.40. The molecule has 2 rings (SSSR count). The van der Waals surface area contributed by atoms with Crippen molar-refractivity contribution in [3.63, 3.8) is 0 Å². The molecule has 1 aromatic rings. The van der Waals surface area contributed by atoms with E-state index in [0.717, 1.165) is 16.5 Å². The van der Waals surface area contributed by atoms with Gasteiger partial charge in [-0.2, -0.15) is 0 Å². The van der Waals surface area contributed by atoms with Crippen molar-refractivity contribution in [2.75, 3.05) is 0 Å². The molecule has 0 bridgehead atoms. The minimum absolute atomic E-state index is 0.00667. The van der Waals surface area contributed by atoms with Gasteiger partial charge in [0.05, 0.1) is 0 Å². The summed E-state index contributed by atoms with van der Waals surface area (Å²) in [4.78, 5) is 26.5. The van der Waals surface area contributed by atoms with Gasteiger partial charge in [-0.1, -0.05) is 54.4 Å². The highest BCUT2D eigenvalue weighted by Crippen LogP contribution is 2.23. The minimum Gasteiger partial charge on any atom is -0.342 e. The van der Waals surface area contributed by atoms with Gasteiger partial charge in [-0.3, -0.25) is 9.59 Å². The summed E-state index contributed by atoms with van der Waals surface area (Å²) in [5, 5.41) is 2.86. The fourth-order valence-electron chi connectivity index (χ4n) is 2.49. The van der Waals surface area contributed by atoms with Gasteiger partial charge in [0.1, 0.15) is 12.1 Å². The summed E-state index contributed by atoms with van der Waals surface area (Å²) in [5.41, 5.74) is 1.01. The topological polar surface area (TPSA) is 49.4 Å². The van der Waals surface area contributed by atoms with Gasteiger partial charge < -0.3 is 10.2 Å². The zero-order chi connectivity index (χ0) is 15.6. The molecule has 2 amide bonds. The molecule has 114 valence electrons. The van der Waals surface area contributed by atoms with Gasteiger partial charge in [0.2, 0.25) is 11.8 Å². The Balaban J connectivity index is 2.25. The van der Waals surface area contributed by atoms with Crippen LogP contribution in [0.1, 0.15) is 32.8 Å². The van der Waals surface area contributed by atoms with Crippen molar-refractivity contribution in [3.05, 3.63) is 34.3 Å². The molecule has 1 aliphatic heterocycles. The van der Waals surface area contributed by atoms with E-state index < -0.39 is 12.1 Å². The summed E-state index contributed by atoms with van der Waals surface area (Å²) in [7, 11) is 0. The van der Waals surface area contributed by atoms with E-state index in [1.807, 2.05) is 38.1 Å². The number of carbonyl (C=O) groups is 2. The van der Waals surface area contributed by atoms with E-state index in [1.165, 1.54) is 0 Å². The summed E-state index contributed by atoms with van der Waals surface area (Å²) >= 11 is 3.50. The van der Waals surface area contributed by atoms with E-state index in [1.54, 1.807) is 11.8 Å². The summed E-state index contributed by atoms with van der Waals surface area (Å²) in [6.45, 7) is 6.24. The summed E-state index contributed by atoms with van der Waals surface area (Å²) in [6.07, 6.45) is 0.855. The SMILES string of the molecule is CCC(C)C1NC(=O)C(C)N(Cc2ccccc2Br)C1=O. The van der Waals surface area contributed by atoms with Gasteiger partial charge in [0.25, 0.3) is 0 Å². The number of hydrogen-bond donors (Lipinski definition) is 1. The third-order valence-electron chi connectivity index (χ3n) is 4.21. The number of hydrogen-bond acceptors (Lipinski definition) is 2. The number of nitrogens with zero attached hydrogens (tertiary/aromatic N) is 1. The molecule has 0 radical (unpaired) electrons. The van der Waals surface area contributed by atoms with Gasteiger partial charge in [-0.15, -0.1) is 0 Å². The van der Waals surface area contributed by atoms with E-state index in [2.05, 4.69) is 21.2 Å². The molecule has 4 nitrogen and oxygen atoms in total. The number of amides is 2. The molecule has 0 aromatic heterocycles. The first kappa shape index (κ1) is 16.0. The number of rotatable bonds is 4. The second-order valence-corrected chi connectivity index (χ2v) is 6.46. The smallest absolute Gasteiger partial charge is 0.246 e. The lowest BCUT2D eigenvalue weighted by molar-refractivity contribution is -0.150. The maximum atomic E-state index is 12.7. The van der Waals surface area contributed by atoms with Crippen LogP contribution in [0, 0.1) is 5.92 Å². The average molecular weight is 353 g/mol. The van der Waals surface area contributed by atoms with Crippen LogP contribution in [-0.4, -0.2) is 28.8 Å². The maximum absolute atomic E-state index is 12.7. The van der Waals surface area contributed by atoms with Crippen LogP contribution in [0.25, 0.3) is 0 Å². The van der Waals surface area contributed by atoms with E-state index in [0.29, 0.717) is 6.54 Å². The largest absolute Gasteiger partial charge is 0.342 e. The lowest BCUT2D eigenvalue weighted by Crippen LogP contribution is -2.63. The van der Waals surface area contributed by atoms with Crippen LogP contribution >= 0.6 is 15.9 Å². The van der Waals surface area contributed by atoms with Crippen molar-refractivity contribution in [1.82, 2.24) is 10.2 Å². The Labute approximate surface area is 134 Å². The highest BCUT2D eigenvalue weighted by molar-refractivity contribution is 9.10. The van der Waals surface area contributed by atoms with Crippen molar-refractivity contribution in [3.8, 4) is 0 Å². The van der Waals surface area contributed by atoms with Crippen molar-refractivity contribution >= 4 is 27.7 Å². The van der Waals surface area contributed by atoms with E-state index in [4.69, 9.17) is 0 Å². The fraction of sp³-hybridized carbons (Fsp3) is 0.500. The lowest BCUT2D eigenvalue weighted by Gasteiger charge is -2.39. The van der Waals surface area contributed by atoms with Crippen LogP contribution in [0.3, 0.4) is 0 Å². The number of carbonyl (C=O) groups excluding carboxylic acids is 2. The van der Waals surface area contributed by atoms with E-state index >= 15 is 0 Å². The van der Waals surface area contributed by atoms with Crippen LogP contribution in [0.15, 0.2) is 28.7 Å². The molecule has 21 heavy (non-hydrogen) atoms. The molecule has 1 fully saturated rings. The Morgan fingerprint density at radius 2 is 2.00 bits per heavy atom. The second kappa shape index (κ2) is 6.60. The Morgan fingerprint density at radius 1 is 1.33 bits per heavy atom. The van der Waals surface area contributed by atoms with Gasteiger partial charge in [-0.05, 0) is 24.5 Å². The number of halogens is 1. The third-order valence-corrected chi connectivity index (χ3v) is 4.98. The number of benzene rings is 1. The molecule has 3 unspecified atom stereocenters. The Hall–Kier alpha value is -1.36. The van der Waals surface area contributed by atoms with Crippen LogP contribution < -0.4 is 5.32 Å². The molecular formula is C16H21BrN2O2. The zero-order valence-electron chi connectivity index (χ0n) is 12.6. The van der Waals surface area contributed by atoms with E-state index in [-0.39, 0.29) is 17.7 Å². The molecule has 0 spiro atoms. The summed E-state index contributed by atoms with van der Waals surface area (Å²) in [5.74, 6) is 0.0646. The van der Waals surface area contributed by atoms with Crippen LogP contribution in [0.5, 0.6) is 0 Å². The molecule has 1 aromatic carbocycles. The Bertz CT molecular complexity index is 547. The molecule has 1 heterocycles. The molecule has 1 N–H and O–H groups in total. The molecule has 1 aliphatic rings. The van der Waals surface area contributed by atoms with E-state index in [9.17, 15) is 9.59 Å². The molecule has 3 atom stereocenters. The number of piperazine rings is 1. The molecule has 1 saturated heterocycles. The normalized spacial score (nSPS) is 23.9. The predicted octanol–water partition coefficient (Wildman–Crippen LogP) is 2.71. The second-order valence-electron chi connectivity index (χ2n) is 5.61. The Kier molecular flexibility index (Phi) is 5.04. The quantitative estimate of drug-likeness (QED) is 0.905. The van der Waals surface area contributed by atoms with Crippen molar-refractivity contribution in [2.45, 2.75) is 45.8 Å². The summed E-state index contributed by atoms with van der Waals surface area (Å²) in [6, 6.07) is 6.93. The zero-order valence-corrected chi connectivity index (χ0v) is 14.2. The Morgan fingerprint density at radius 3 is 2.62 bits per heavy atom. The monoisotopic (exact) mass is 352 g/mol. The molecule has 0 aliphatic carbocycles.